The van der Waals surface area contributed by atoms with E-state index in [-0.39, 0.29) is 17.4 Å². The Morgan fingerprint density at radius 1 is 1.00 bits per heavy atom. The molecular weight excluding hydrogens is 397 g/mol. The Hall–Kier alpha value is -4.07. The van der Waals surface area contributed by atoms with Gasteiger partial charge in [-0.1, -0.05) is 6.07 Å². The number of nitrogens with one attached hydrogen (secondary N) is 2. The second kappa shape index (κ2) is 7.64. The molecule has 1 aliphatic rings. The van der Waals surface area contributed by atoms with Gasteiger partial charge in [0.2, 0.25) is 11.9 Å². The van der Waals surface area contributed by atoms with E-state index in [2.05, 4.69) is 20.6 Å². The summed E-state index contributed by atoms with van der Waals surface area (Å²) in [6.45, 7) is 0. The van der Waals surface area contributed by atoms with E-state index in [9.17, 15) is 14.0 Å². The van der Waals surface area contributed by atoms with Gasteiger partial charge in [0.05, 0.1) is 16.9 Å². The molecule has 0 saturated heterocycles. The number of rotatable bonds is 5. The molecule has 31 heavy (non-hydrogen) atoms. The lowest BCUT2D eigenvalue weighted by Crippen LogP contribution is -2.14. The van der Waals surface area contributed by atoms with Crippen molar-refractivity contribution in [2.24, 2.45) is 5.92 Å². The predicted molar refractivity (Wildman–Crippen MR) is 115 cm³/mol. The van der Waals surface area contributed by atoms with E-state index in [0.29, 0.717) is 11.5 Å². The maximum atomic E-state index is 13.3. The Labute approximate surface area is 176 Å². The summed E-state index contributed by atoms with van der Waals surface area (Å²) < 4.78 is 15.3. The number of amides is 2. The second-order valence-electron chi connectivity index (χ2n) is 7.41. The quantitative estimate of drug-likeness (QED) is 0.479. The van der Waals surface area contributed by atoms with E-state index in [1.54, 1.807) is 12.3 Å². The van der Waals surface area contributed by atoms with Crippen LogP contribution in [0, 0.1) is 11.9 Å². The zero-order chi connectivity index (χ0) is 21.4. The highest BCUT2D eigenvalue weighted by Crippen LogP contribution is 2.31. The lowest BCUT2D eigenvalue weighted by atomic mass is 10.2. The van der Waals surface area contributed by atoms with Crippen LogP contribution in [0.1, 0.15) is 23.2 Å². The van der Waals surface area contributed by atoms with E-state index in [1.807, 2.05) is 41.1 Å². The first-order chi connectivity index (χ1) is 15.1. The minimum Gasteiger partial charge on any atom is -0.321 e. The van der Waals surface area contributed by atoms with Crippen molar-refractivity contribution in [1.82, 2.24) is 14.5 Å². The Balaban J connectivity index is 1.44. The SMILES string of the molecule is O=C(Nc1cccc2c1ccn2-c1ccnc(NC(=O)C2CC2)c1)c1ccnc(F)c1. The molecule has 154 valence electrons. The molecule has 5 rings (SSSR count). The van der Waals surface area contributed by atoms with Crippen LogP contribution in [0.5, 0.6) is 0 Å². The molecule has 1 aromatic carbocycles. The monoisotopic (exact) mass is 415 g/mol. The molecule has 0 atom stereocenters. The summed E-state index contributed by atoms with van der Waals surface area (Å²) in [5.41, 5.74) is 2.49. The summed E-state index contributed by atoms with van der Waals surface area (Å²) in [4.78, 5) is 32.3. The van der Waals surface area contributed by atoms with Gasteiger partial charge in [0.1, 0.15) is 5.82 Å². The molecule has 4 aromatic rings. The number of pyridine rings is 2. The van der Waals surface area contributed by atoms with Crippen LogP contribution in [0.3, 0.4) is 0 Å². The summed E-state index contributed by atoms with van der Waals surface area (Å²) >= 11 is 0. The van der Waals surface area contributed by atoms with Gasteiger partial charge in [0, 0.05) is 47.6 Å². The molecule has 1 aliphatic carbocycles. The van der Waals surface area contributed by atoms with Crippen molar-refractivity contribution in [2.45, 2.75) is 12.8 Å². The van der Waals surface area contributed by atoms with Gasteiger partial charge in [-0.15, -0.1) is 0 Å². The fourth-order valence-electron chi connectivity index (χ4n) is 3.45. The molecule has 7 nitrogen and oxygen atoms in total. The Morgan fingerprint density at radius 2 is 1.84 bits per heavy atom. The van der Waals surface area contributed by atoms with Crippen LogP contribution in [0.15, 0.2) is 67.1 Å². The highest BCUT2D eigenvalue weighted by molar-refractivity contribution is 6.09. The van der Waals surface area contributed by atoms with Gasteiger partial charge in [0.25, 0.3) is 5.91 Å². The average molecular weight is 415 g/mol. The van der Waals surface area contributed by atoms with Crippen molar-refractivity contribution >= 4 is 34.2 Å². The number of hydrogen-bond acceptors (Lipinski definition) is 4. The third-order valence-corrected chi connectivity index (χ3v) is 5.19. The number of aromatic nitrogens is 3. The van der Waals surface area contributed by atoms with E-state index in [4.69, 9.17) is 0 Å². The topological polar surface area (TPSA) is 88.9 Å². The highest BCUT2D eigenvalue weighted by atomic mass is 19.1. The van der Waals surface area contributed by atoms with Crippen molar-refractivity contribution in [1.29, 1.82) is 0 Å². The van der Waals surface area contributed by atoms with Gasteiger partial charge >= 0.3 is 0 Å². The van der Waals surface area contributed by atoms with Crippen molar-refractivity contribution < 1.29 is 14.0 Å². The molecule has 3 heterocycles. The van der Waals surface area contributed by atoms with Gasteiger partial charge in [-0.2, -0.15) is 4.39 Å². The van der Waals surface area contributed by atoms with Crippen LogP contribution in [-0.2, 0) is 4.79 Å². The number of fused-ring (bicyclic) bond motifs is 1. The summed E-state index contributed by atoms with van der Waals surface area (Å²) in [5.74, 6) is -0.535. The van der Waals surface area contributed by atoms with Gasteiger partial charge < -0.3 is 15.2 Å². The van der Waals surface area contributed by atoms with Crippen molar-refractivity contribution in [3.8, 4) is 5.69 Å². The normalized spacial score (nSPS) is 13.2. The molecule has 0 radical (unpaired) electrons. The molecule has 2 N–H and O–H groups in total. The van der Waals surface area contributed by atoms with Crippen LogP contribution in [0.4, 0.5) is 15.9 Å². The fraction of sp³-hybridized carbons (Fsp3) is 0.130. The molecule has 0 aliphatic heterocycles. The van der Waals surface area contributed by atoms with E-state index in [0.717, 1.165) is 35.5 Å². The number of carbonyl (C=O) groups is 2. The molecule has 1 fully saturated rings. The first-order valence-electron chi connectivity index (χ1n) is 9.89. The van der Waals surface area contributed by atoms with Gasteiger partial charge in [-0.3, -0.25) is 9.59 Å². The first kappa shape index (κ1) is 18.9. The summed E-state index contributed by atoms with van der Waals surface area (Å²) in [7, 11) is 0. The van der Waals surface area contributed by atoms with E-state index >= 15 is 0 Å². The molecule has 8 heteroatoms. The second-order valence-corrected chi connectivity index (χ2v) is 7.41. The number of nitrogens with zero attached hydrogens (tertiary/aromatic N) is 3. The molecule has 1 saturated carbocycles. The van der Waals surface area contributed by atoms with Crippen molar-refractivity contribution in [2.75, 3.05) is 10.6 Å². The average Bonchev–Trinajstić information content (AvgIpc) is 3.53. The summed E-state index contributed by atoms with van der Waals surface area (Å²) in [6.07, 6.45) is 6.63. The Morgan fingerprint density at radius 3 is 2.65 bits per heavy atom. The largest absolute Gasteiger partial charge is 0.321 e. The molecule has 2 amide bonds. The minimum atomic E-state index is -0.709. The fourth-order valence-corrected chi connectivity index (χ4v) is 3.45. The third kappa shape index (κ3) is 3.87. The predicted octanol–water partition coefficient (Wildman–Crippen LogP) is 4.16. The van der Waals surface area contributed by atoms with Gasteiger partial charge in [0.15, 0.2) is 0 Å². The number of hydrogen-bond donors (Lipinski definition) is 2. The summed E-state index contributed by atoms with van der Waals surface area (Å²) in [5, 5.41) is 6.52. The highest BCUT2D eigenvalue weighted by Gasteiger charge is 2.29. The molecule has 3 aromatic heterocycles. The lowest BCUT2D eigenvalue weighted by molar-refractivity contribution is -0.117. The van der Waals surface area contributed by atoms with Crippen LogP contribution >= 0.6 is 0 Å². The zero-order valence-corrected chi connectivity index (χ0v) is 16.4. The van der Waals surface area contributed by atoms with Crippen molar-refractivity contribution in [3.05, 3.63) is 78.6 Å². The van der Waals surface area contributed by atoms with Gasteiger partial charge in [-0.05, 0) is 43.2 Å². The standard InChI is InChI=1S/C23H18FN5O2/c24-20-12-15(6-9-25-20)23(31)27-18-2-1-3-19-17(18)8-11-29(19)16-7-10-26-21(13-16)28-22(30)14-4-5-14/h1-3,6-14H,4-5H2,(H,27,31)(H,26,28,30). The number of halogens is 1. The minimum absolute atomic E-state index is 0.000406. The number of carbonyl (C=O) groups excluding carboxylic acids is 2. The van der Waals surface area contributed by atoms with Crippen molar-refractivity contribution in [3.63, 3.8) is 0 Å². The van der Waals surface area contributed by atoms with Crippen LogP contribution in [0.25, 0.3) is 16.6 Å². The molecular formula is C23H18FN5O2. The first-order valence-corrected chi connectivity index (χ1v) is 9.89. The smallest absolute Gasteiger partial charge is 0.255 e. The van der Waals surface area contributed by atoms with Crippen LogP contribution in [-0.4, -0.2) is 26.3 Å². The Kier molecular flexibility index (Phi) is 4.66. The van der Waals surface area contributed by atoms with Crippen LogP contribution < -0.4 is 10.6 Å². The third-order valence-electron chi connectivity index (χ3n) is 5.19. The maximum absolute atomic E-state index is 13.3. The molecule has 0 bridgehead atoms. The number of benzene rings is 1. The Bertz CT molecular complexity index is 1310. The maximum Gasteiger partial charge on any atom is 0.255 e. The number of anilines is 2. The summed E-state index contributed by atoms with van der Waals surface area (Å²) in [6, 6.07) is 13.6. The lowest BCUT2D eigenvalue weighted by Gasteiger charge is -2.10. The van der Waals surface area contributed by atoms with E-state index in [1.165, 1.54) is 12.3 Å². The molecule has 0 spiro atoms. The molecule has 0 unspecified atom stereocenters. The van der Waals surface area contributed by atoms with Crippen LogP contribution in [0.2, 0.25) is 0 Å². The van der Waals surface area contributed by atoms with E-state index < -0.39 is 11.9 Å². The zero-order valence-electron chi connectivity index (χ0n) is 16.4. The van der Waals surface area contributed by atoms with Gasteiger partial charge in [-0.25, -0.2) is 9.97 Å².